The van der Waals surface area contributed by atoms with E-state index in [1.165, 1.54) is 38.5 Å². The van der Waals surface area contributed by atoms with Crippen molar-refractivity contribution in [2.24, 2.45) is 17.6 Å². The van der Waals surface area contributed by atoms with Crippen LogP contribution in [0.1, 0.15) is 155 Å². The molecule has 7 N–H and O–H groups in total. The molecule has 0 aromatic heterocycles. The molecule has 1 aliphatic carbocycles. The molecule has 16 heteroatoms. The van der Waals surface area contributed by atoms with E-state index in [1.807, 2.05) is 12.2 Å². The second-order valence-electron chi connectivity index (χ2n) is 16.1. The third kappa shape index (κ3) is 29.4. The first-order valence-electron chi connectivity index (χ1n) is 22.8. The highest BCUT2D eigenvalue weighted by atomic mass is 31.2. The van der Waals surface area contributed by atoms with Gasteiger partial charge >= 0.3 is 25.7 Å². The number of allylic oxidation sites excluding steroid dienone is 6. The molecule has 0 aromatic carbocycles. The lowest BCUT2D eigenvalue weighted by Gasteiger charge is -2.21. The number of rotatable bonds is 38. The number of carbonyl (C=O) groups excluding carboxylic acids is 3. The van der Waals surface area contributed by atoms with Gasteiger partial charge in [0.1, 0.15) is 18.4 Å². The van der Waals surface area contributed by atoms with Crippen LogP contribution >= 0.6 is 7.82 Å². The van der Waals surface area contributed by atoms with E-state index in [1.54, 1.807) is 12.2 Å². The number of ether oxygens (including phenoxy) is 2. The lowest BCUT2D eigenvalue weighted by molar-refractivity contribution is -0.161. The largest absolute Gasteiger partial charge is 0.480 e. The highest BCUT2D eigenvalue weighted by molar-refractivity contribution is 7.47. The Morgan fingerprint density at radius 3 is 1.98 bits per heavy atom. The van der Waals surface area contributed by atoms with Crippen molar-refractivity contribution in [3.8, 4) is 0 Å². The zero-order valence-corrected chi connectivity index (χ0v) is 38.2. The number of aliphatic hydroxyl groups is 3. The van der Waals surface area contributed by atoms with E-state index < -0.39 is 87.8 Å². The molecule has 1 rings (SSSR count). The molecule has 0 radical (unpaired) electrons. The van der Waals surface area contributed by atoms with E-state index in [4.69, 9.17) is 24.8 Å². The number of carbonyl (C=O) groups is 4. The van der Waals surface area contributed by atoms with Gasteiger partial charge in [0.05, 0.1) is 31.5 Å². The van der Waals surface area contributed by atoms with Gasteiger partial charge in [-0.15, -0.1) is 0 Å². The number of Topliss-reactive ketones (excluding diaryl/α,β-unsaturated/α-hetero) is 1. The van der Waals surface area contributed by atoms with Crippen molar-refractivity contribution in [2.45, 2.75) is 186 Å². The minimum Gasteiger partial charge on any atom is -0.480 e. The minimum absolute atomic E-state index is 0.0279. The molecular formula is C46H78NO14P. The number of unbranched alkanes of at least 4 members (excludes halogenated alkanes) is 10. The molecule has 0 aromatic rings. The molecule has 0 aliphatic heterocycles. The van der Waals surface area contributed by atoms with E-state index in [0.29, 0.717) is 25.7 Å². The number of hydrogen-bond acceptors (Lipinski definition) is 13. The number of phosphoric acid groups is 1. The molecule has 0 spiro atoms. The van der Waals surface area contributed by atoms with Gasteiger partial charge in [-0.2, -0.15) is 0 Å². The summed E-state index contributed by atoms with van der Waals surface area (Å²) in [6.45, 7) is 2.25. The number of aliphatic hydroxyl groups excluding tert-OH is 3. The van der Waals surface area contributed by atoms with Gasteiger partial charge in [-0.3, -0.25) is 28.2 Å². The van der Waals surface area contributed by atoms with Crippen LogP contribution in [0, 0.1) is 11.8 Å². The first-order chi connectivity index (χ1) is 29.7. The maximum Gasteiger partial charge on any atom is 0.472 e. The van der Waals surface area contributed by atoms with Crippen LogP contribution in [0.15, 0.2) is 48.6 Å². The second-order valence-corrected chi connectivity index (χ2v) is 17.6. The molecule has 1 unspecified atom stereocenters. The summed E-state index contributed by atoms with van der Waals surface area (Å²) in [5.74, 6) is -3.92. The average molecular weight is 900 g/mol. The molecule has 0 bridgehead atoms. The SMILES string of the molecule is CCCCCCCC/C=C\C/C=C\C/C=C\CCCC(=O)OC[C@H](COP(=O)(O)OC[C@H](N)C(=O)O)OC(=O)CCCCC(=O)C[C@@H]1[C@@H](/C=C/[C@@H](O)CCCCC)[C@H](O)C[C@@H]1O. The van der Waals surface area contributed by atoms with E-state index in [9.17, 15) is 44.0 Å². The van der Waals surface area contributed by atoms with Gasteiger partial charge in [0.2, 0.25) is 0 Å². The normalized spacial score (nSPS) is 20.6. The predicted molar refractivity (Wildman–Crippen MR) is 238 cm³/mol. The van der Waals surface area contributed by atoms with E-state index in [0.717, 1.165) is 38.5 Å². The zero-order chi connectivity index (χ0) is 46.0. The minimum atomic E-state index is -4.84. The fourth-order valence-corrected chi connectivity index (χ4v) is 7.62. The topological polar surface area (TPSA) is 249 Å². The molecule has 356 valence electrons. The second kappa shape index (κ2) is 35.4. The lowest BCUT2D eigenvalue weighted by atomic mass is 9.87. The van der Waals surface area contributed by atoms with Gasteiger partial charge in [-0.25, -0.2) is 4.57 Å². The van der Waals surface area contributed by atoms with Crippen molar-refractivity contribution in [3.63, 3.8) is 0 Å². The Labute approximate surface area is 369 Å². The van der Waals surface area contributed by atoms with Crippen molar-refractivity contribution in [1.82, 2.24) is 0 Å². The number of ketones is 1. The number of carboxylic acid groups (broad SMARTS) is 1. The quantitative estimate of drug-likeness (QED) is 0.0150. The Morgan fingerprint density at radius 2 is 1.31 bits per heavy atom. The van der Waals surface area contributed by atoms with Crippen LogP contribution in [0.2, 0.25) is 0 Å². The molecule has 0 heterocycles. The Hall–Kier alpha value is -3.01. The fourth-order valence-electron chi connectivity index (χ4n) is 6.84. The lowest BCUT2D eigenvalue weighted by Crippen LogP contribution is -2.34. The van der Waals surface area contributed by atoms with Crippen LogP contribution in [0.4, 0.5) is 0 Å². The summed E-state index contributed by atoms with van der Waals surface area (Å²) >= 11 is 0. The van der Waals surface area contributed by atoms with Crippen molar-refractivity contribution in [2.75, 3.05) is 19.8 Å². The zero-order valence-electron chi connectivity index (χ0n) is 37.3. The third-order valence-corrected chi connectivity index (χ3v) is 11.5. The smallest absolute Gasteiger partial charge is 0.472 e. The standard InChI is InChI=1S/C46H78NO14P/c1-3-5-7-8-9-10-11-12-13-14-15-16-17-18-19-20-22-27-44(52)58-33-38(34-59-62(56,57)60-35-41(47)46(54)55)61-45(53)28-24-23-26-37(49)31-40-39(42(50)32-43(40)51)30-29-36(48)25-21-6-4-2/h12-13,15-16,18-19,29-30,36,38-43,48,50-51H,3-11,14,17,20-28,31-35,47H2,1-2H3,(H,54,55)(H,56,57)/b13-12-,16-15-,19-18-,30-29+/t36-,38+,39+,40+,41-,42+,43-/m0/s1. The molecule has 1 fully saturated rings. The molecule has 1 saturated carbocycles. The summed E-state index contributed by atoms with van der Waals surface area (Å²) < 4.78 is 32.5. The predicted octanol–water partition coefficient (Wildman–Crippen LogP) is 7.73. The maximum atomic E-state index is 12.9. The van der Waals surface area contributed by atoms with Crippen molar-refractivity contribution in [3.05, 3.63) is 48.6 Å². The highest BCUT2D eigenvalue weighted by Gasteiger charge is 2.41. The number of esters is 2. The molecule has 8 atom stereocenters. The van der Waals surface area contributed by atoms with E-state index in [-0.39, 0.29) is 44.3 Å². The first kappa shape index (κ1) is 57.0. The Balaban J connectivity index is 2.55. The monoisotopic (exact) mass is 900 g/mol. The molecule has 0 saturated heterocycles. The van der Waals surface area contributed by atoms with Gasteiger partial charge in [0, 0.05) is 43.9 Å². The van der Waals surface area contributed by atoms with E-state index in [2.05, 4.69) is 42.7 Å². The van der Waals surface area contributed by atoms with Gasteiger partial charge in [-0.1, -0.05) is 114 Å². The van der Waals surface area contributed by atoms with Gasteiger partial charge < -0.3 is 40.5 Å². The number of aliphatic carboxylic acids is 1. The fraction of sp³-hybridized carbons (Fsp3) is 0.739. The summed E-state index contributed by atoms with van der Waals surface area (Å²) in [5, 5.41) is 40.2. The van der Waals surface area contributed by atoms with Crippen LogP contribution in [0.3, 0.4) is 0 Å². The Morgan fingerprint density at radius 1 is 0.726 bits per heavy atom. The number of hydrogen-bond donors (Lipinski definition) is 6. The number of nitrogens with two attached hydrogens (primary N) is 1. The molecule has 15 nitrogen and oxygen atoms in total. The van der Waals surface area contributed by atoms with Crippen LogP contribution in [0.25, 0.3) is 0 Å². The highest BCUT2D eigenvalue weighted by Crippen LogP contribution is 2.43. The molecule has 0 amide bonds. The van der Waals surface area contributed by atoms with E-state index >= 15 is 0 Å². The number of carboxylic acids is 1. The van der Waals surface area contributed by atoms with Gasteiger partial charge in [0.15, 0.2) is 6.10 Å². The molecular weight excluding hydrogens is 821 g/mol. The molecule has 62 heavy (non-hydrogen) atoms. The molecule has 1 aliphatic rings. The van der Waals surface area contributed by atoms with Crippen LogP contribution in [-0.4, -0.2) is 99.3 Å². The van der Waals surface area contributed by atoms with Crippen LogP contribution < -0.4 is 5.73 Å². The Bertz CT molecular complexity index is 1420. The summed E-state index contributed by atoms with van der Waals surface area (Å²) in [7, 11) is -4.84. The average Bonchev–Trinajstić information content (AvgIpc) is 3.49. The van der Waals surface area contributed by atoms with Crippen LogP contribution in [-0.2, 0) is 42.3 Å². The van der Waals surface area contributed by atoms with Crippen molar-refractivity contribution in [1.29, 1.82) is 0 Å². The third-order valence-electron chi connectivity index (χ3n) is 10.5. The number of phosphoric ester groups is 1. The summed E-state index contributed by atoms with van der Waals surface area (Å²) in [4.78, 5) is 59.1. The summed E-state index contributed by atoms with van der Waals surface area (Å²) in [6.07, 6.45) is 28.2. The van der Waals surface area contributed by atoms with Crippen molar-refractivity contribution < 1.29 is 67.6 Å². The summed E-state index contributed by atoms with van der Waals surface area (Å²) in [6, 6.07) is -1.59. The van der Waals surface area contributed by atoms with Crippen molar-refractivity contribution >= 4 is 31.5 Å². The van der Waals surface area contributed by atoms with Crippen LogP contribution in [0.5, 0.6) is 0 Å². The van der Waals surface area contributed by atoms with Gasteiger partial charge in [-0.05, 0) is 57.8 Å². The first-order valence-corrected chi connectivity index (χ1v) is 24.3. The maximum absolute atomic E-state index is 12.9. The summed E-state index contributed by atoms with van der Waals surface area (Å²) in [5.41, 5.74) is 5.32. The Kier molecular flexibility index (Phi) is 32.5. The van der Waals surface area contributed by atoms with Gasteiger partial charge in [0.25, 0.3) is 0 Å².